The van der Waals surface area contributed by atoms with E-state index in [4.69, 9.17) is 9.84 Å². The van der Waals surface area contributed by atoms with Gasteiger partial charge < -0.3 is 9.84 Å². The van der Waals surface area contributed by atoms with Crippen molar-refractivity contribution in [1.82, 2.24) is 4.31 Å². The number of aliphatic hydroxyl groups is 1. The topological polar surface area (TPSA) is 83.9 Å². The molecule has 114 valence electrons. The summed E-state index contributed by atoms with van der Waals surface area (Å²) < 4.78 is 30.9. The first-order valence-electron chi connectivity index (χ1n) is 6.27. The maximum absolute atomic E-state index is 12.4. The molecule has 1 amide bonds. The number of ether oxygens (including phenoxy) is 1. The number of hydrogen-bond donors (Lipinski definition) is 1. The predicted octanol–water partition coefficient (Wildman–Crippen LogP) is 1.07. The molecule has 1 unspecified atom stereocenters. The van der Waals surface area contributed by atoms with Gasteiger partial charge in [-0.15, -0.1) is 11.3 Å². The molecule has 1 aromatic rings. The molecule has 1 N–H and O–H groups in total. The van der Waals surface area contributed by atoms with Crippen molar-refractivity contribution in [2.45, 2.75) is 30.6 Å². The Morgan fingerprint density at radius 1 is 1.55 bits per heavy atom. The van der Waals surface area contributed by atoms with Crippen LogP contribution in [0.1, 0.15) is 20.3 Å². The second-order valence-electron chi connectivity index (χ2n) is 4.02. The third-order valence-electron chi connectivity index (χ3n) is 2.57. The third-order valence-corrected chi connectivity index (χ3v) is 5.74. The molecule has 0 fully saturated rings. The van der Waals surface area contributed by atoms with E-state index in [1.165, 1.54) is 13.0 Å². The van der Waals surface area contributed by atoms with Gasteiger partial charge in [0.2, 0.25) is 0 Å². The van der Waals surface area contributed by atoms with Gasteiger partial charge in [0.25, 0.3) is 15.9 Å². The molecule has 0 radical (unpaired) electrons. The minimum absolute atomic E-state index is 0.0625. The summed E-state index contributed by atoms with van der Waals surface area (Å²) in [5.41, 5.74) is 0. The fraction of sp³-hybridized carbons (Fsp3) is 0.583. The molecule has 0 spiro atoms. The van der Waals surface area contributed by atoms with Gasteiger partial charge in [0.15, 0.2) is 0 Å². The molecule has 0 aliphatic heterocycles. The molecular formula is C12H19NO5S2. The van der Waals surface area contributed by atoms with E-state index in [0.29, 0.717) is 6.61 Å². The summed E-state index contributed by atoms with van der Waals surface area (Å²) in [5.74, 6) is -0.617. The van der Waals surface area contributed by atoms with Crippen LogP contribution in [0.15, 0.2) is 21.7 Å². The molecular weight excluding hydrogens is 302 g/mol. The minimum Gasteiger partial charge on any atom is -0.396 e. The van der Waals surface area contributed by atoms with E-state index in [2.05, 4.69) is 0 Å². The highest BCUT2D eigenvalue weighted by Crippen LogP contribution is 2.22. The van der Waals surface area contributed by atoms with Gasteiger partial charge in [-0.05, 0) is 31.7 Å². The molecule has 1 heterocycles. The summed E-state index contributed by atoms with van der Waals surface area (Å²) >= 11 is 1.05. The van der Waals surface area contributed by atoms with Crippen molar-refractivity contribution in [1.29, 1.82) is 0 Å². The fourth-order valence-electron chi connectivity index (χ4n) is 1.61. The molecule has 0 aliphatic carbocycles. The fourth-order valence-corrected chi connectivity index (χ4v) is 4.20. The summed E-state index contributed by atoms with van der Waals surface area (Å²) in [6.45, 7) is 3.32. The van der Waals surface area contributed by atoms with E-state index in [0.717, 1.165) is 15.6 Å². The van der Waals surface area contributed by atoms with Crippen LogP contribution in [0.5, 0.6) is 0 Å². The summed E-state index contributed by atoms with van der Waals surface area (Å²) in [5, 5.41) is 10.5. The maximum Gasteiger partial charge on any atom is 0.276 e. The Kier molecular flexibility index (Phi) is 6.60. The zero-order valence-electron chi connectivity index (χ0n) is 11.5. The van der Waals surface area contributed by atoms with Crippen LogP contribution in [0, 0.1) is 0 Å². The van der Waals surface area contributed by atoms with Crippen LogP contribution in [0.4, 0.5) is 0 Å². The Morgan fingerprint density at radius 3 is 2.75 bits per heavy atom. The zero-order valence-corrected chi connectivity index (χ0v) is 13.1. The average molecular weight is 321 g/mol. The van der Waals surface area contributed by atoms with E-state index < -0.39 is 22.0 Å². The van der Waals surface area contributed by atoms with Crippen LogP contribution in [0.2, 0.25) is 0 Å². The molecule has 1 atom stereocenters. The Bertz CT molecular complexity index is 512. The molecule has 6 nitrogen and oxygen atoms in total. The van der Waals surface area contributed by atoms with Crippen LogP contribution in [-0.2, 0) is 19.6 Å². The molecule has 8 heteroatoms. The highest BCUT2D eigenvalue weighted by atomic mass is 32.2. The predicted molar refractivity (Wildman–Crippen MR) is 76.0 cm³/mol. The van der Waals surface area contributed by atoms with Crippen molar-refractivity contribution >= 4 is 27.3 Å². The van der Waals surface area contributed by atoms with Crippen molar-refractivity contribution in [3.63, 3.8) is 0 Å². The van der Waals surface area contributed by atoms with Crippen molar-refractivity contribution < 1.29 is 23.1 Å². The van der Waals surface area contributed by atoms with Crippen molar-refractivity contribution in [2.24, 2.45) is 0 Å². The molecule has 0 saturated carbocycles. The number of thiophene rings is 1. The summed E-state index contributed by atoms with van der Waals surface area (Å²) in [4.78, 5) is 12.2. The highest BCUT2D eigenvalue weighted by molar-refractivity contribution is 7.91. The number of sulfonamides is 1. The van der Waals surface area contributed by atoms with Gasteiger partial charge in [-0.2, -0.15) is 0 Å². The van der Waals surface area contributed by atoms with Crippen LogP contribution in [0.3, 0.4) is 0 Å². The Morgan fingerprint density at radius 2 is 2.25 bits per heavy atom. The van der Waals surface area contributed by atoms with Gasteiger partial charge in [0, 0.05) is 19.8 Å². The first kappa shape index (κ1) is 17.1. The number of amides is 1. The minimum atomic E-state index is -3.88. The third kappa shape index (κ3) is 4.02. The van der Waals surface area contributed by atoms with E-state index in [1.807, 2.05) is 0 Å². The lowest BCUT2D eigenvalue weighted by molar-refractivity contribution is -0.137. The van der Waals surface area contributed by atoms with Gasteiger partial charge in [0.05, 0.1) is 0 Å². The van der Waals surface area contributed by atoms with E-state index in [1.54, 1.807) is 18.4 Å². The first-order chi connectivity index (χ1) is 9.45. The molecule has 1 aromatic heterocycles. The number of rotatable bonds is 8. The maximum atomic E-state index is 12.4. The molecule has 0 bridgehead atoms. The van der Waals surface area contributed by atoms with Crippen molar-refractivity contribution in [3.05, 3.63) is 17.5 Å². The summed E-state index contributed by atoms with van der Waals surface area (Å²) in [6.07, 6.45) is -0.650. The lowest BCUT2D eigenvalue weighted by atomic mass is 10.3. The second kappa shape index (κ2) is 7.72. The van der Waals surface area contributed by atoms with Gasteiger partial charge >= 0.3 is 0 Å². The van der Waals surface area contributed by atoms with Crippen LogP contribution >= 0.6 is 11.3 Å². The van der Waals surface area contributed by atoms with Gasteiger partial charge in [0.1, 0.15) is 10.3 Å². The zero-order chi connectivity index (χ0) is 15.2. The summed E-state index contributed by atoms with van der Waals surface area (Å²) in [7, 11) is -3.88. The van der Waals surface area contributed by atoms with Crippen molar-refractivity contribution in [3.8, 4) is 0 Å². The SMILES string of the molecule is CCOC(C)C(=O)N(CCCO)S(=O)(=O)c1cccs1. The van der Waals surface area contributed by atoms with E-state index >= 15 is 0 Å². The lowest BCUT2D eigenvalue weighted by Crippen LogP contribution is -2.43. The summed E-state index contributed by atoms with van der Waals surface area (Å²) in [6, 6.07) is 3.06. The number of nitrogens with zero attached hydrogens (tertiary/aromatic N) is 1. The standard InChI is InChI=1S/C12H19NO5S2/c1-3-18-10(2)12(15)13(7-5-8-14)20(16,17)11-6-4-9-19-11/h4,6,9-10,14H,3,5,7-8H2,1-2H3. The Balaban J connectivity index is 3.03. The molecule has 1 rings (SSSR count). The number of aliphatic hydroxyl groups excluding tert-OH is 1. The normalized spacial score (nSPS) is 13.2. The van der Waals surface area contributed by atoms with E-state index in [9.17, 15) is 13.2 Å². The average Bonchev–Trinajstić information content (AvgIpc) is 2.93. The molecule has 0 aliphatic rings. The lowest BCUT2D eigenvalue weighted by Gasteiger charge is -2.24. The highest BCUT2D eigenvalue weighted by Gasteiger charge is 2.32. The second-order valence-corrected chi connectivity index (χ2v) is 7.06. The van der Waals surface area contributed by atoms with Crippen LogP contribution < -0.4 is 0 Å². The number of hydrogen-bond acceptors (Lipinski definition) is 6. The number of carbonyl (C=O) groups excluding carboxylic acids is 1. The smallest absolute Gasteiger partial charge is 0.276 e. The van der Waals surface area contributed by atoms with Gasteiger partial charge in [-0.25, -0.2) is 12.7 Å². The Labute approximate surface area is 123 Å². The number of carbonyl (C=O) groups is 1. The van der Waals surface area contributed by atoms with Gasteiger partial charge in [-0.3, -0.25) is 4.79 Å². The molecule has 0 saturated heterocycles. The van der Waals surface area contributed by atoms with E-state index in [-0.39, 0.29) is 23.8 Å². The largest absolute Gasteiger partial charge is 0.396 e. The quantitative estimate of drug-likeness (QED) is 0.774. The first-order valence-corrected chi connectivity index (χ1v) is 8.59. The molecule has 0 aromatic carbocycles. The Hall–Kier alpha value is -0.960. The van der Waals surface area contributed by atoms with Gasteiger partial charge in [-0.1, -0.05) is 6.07 Å². The van der Waals surface area contributed by atoms with Crippen LogP contribution in [-0.4, -0.2) is 49.6 Å². The van der Waals surface area contributed by atoms with Crippen molar-refractivity contribution in [2.75, 3.05) is 19.8 Å². The van der Waals surface area contributed by atoms with Crippen LogP contribution in [0.25, 0.3) is 0 Å². The molecule has 20 heavy (non-hydrogen) atoms. The monoisotopic (exact) mass is 321 g/mol.